The predicted molar refractivity (Wildman–Crippen MR) is 49.3 cm³/mol. The first kappa shape index (κ1) is 11.6. The first-order valence-corrected chi connectivity index (χ1v) is 4.47. The van der Waals surface area contributed by atoms with Crippen LogP contribution in [0.5, 0.6) is 0 Å². The third-order valence-corrected chi connectivity index (χ3v) is 1.85. The zero-order chi connectivity index (χ0) is 9.40. The van der Waals surface area contributed by atoms with Gasteiger partial charge < -0.3 is 4.74 Å². The zero-order valence-electron chi connectivity index (χ0n) is 8.30. The highest BCUT2D eigenvalue weighted by atomic mass is 16.5. The number of Topliss-reactive ketones (excluding diaryl/α,β-unsaturated/α-hetero) is 1. The van der Waals surface area contributed by atoms with Crippen LogP contribution in [-0.4, -0.2) is 44.0 Å². The molecule has 0 unspecified atom stereocenters. The van der Waals surface area contributed by atoms with Gasteiger partial charge in [-0.1, -0.05) is 13.8 Å². The quantitative estimate of drug-likeness (QED) is 0.573. The second kappa shape index (κ2) is 7.25. The summed E-state index contributed by atoms with van der Waals surface area (Å²) in [6, 6.07) is 0. The average Bonchev–Trinajstić information content (AvgIpc) is 2.11. The van der Waals surface area contributed by atoms with Gasteiger partial charge >= 0.3 is 0 Å². The van der Waals surface area contributed by atoms with Crippen LogP contribution in [0.4, 0.5) is 0 Å². The van der Waals surface area contributed by atoms with E-state index < -0.39 is 0 Å². The van der Waals surface area contributed by atoms with Crippen molar-refractivity contribution in [2.24, 2.45) is 0 Å². The minimum atomic E-state index is 0.299. The third-order valence-electron chi connectivity index (χ3n) is 1.85. The van der Waals surface area contributed by atoms with Gasteiger partial charge in [0.05, 0.1) is 13.2 Å². The van der Waals surface area contributed by atoms with E-state index in [0.717, 1.165) is 13.1 Å². The normalized spacial score (nSPS) is 10.7. The number of hydrogen-bond donors (Lipinski definition) is 0. The lowest BCUT2D eigenvalue weighted by Gasteiger charge is -2.18. The lowest BCUT2D eigenvalue weighted by atomic mass is 10.3. The lowest BCUT2D eigenvalue weighted by Crippen LogP contribution is -2.32. The Morgan fingerprint density at radius 2 is 2.08 bits per heavy atom. The van der Waals surface area contributed by atoms with E-state index in [-0.39, 0.29) is 0 Å². The molecule has 0 saturated heterocycles. The molecule has 0 bridgehead atoms. The molecule has 0 N–H and O–H groups in total. The Bertz CT molecular complexity index is 126. The highest BCUT2D eigenvalue weighted by Crippen LogP contribution is 1.90. The van der Waals surface area contributed by atoms with E-state index in [1.54, 1.807) is 7.11 Å². The smallest absolute Gasteiger partial charge is 0.146 e. The molecule has 0 fully saturated rings. The van der Waals surface area contributed by atoms with Gasteiger partial charge in [-0.15, -0.1) is 0 Å². The summed E-state index contributed by atoms with van der Waals surface area (Å²) in [6.07, 6.45) is 0.628. The number of rotatable bonds is 7. The van der Waals surface area contributed by atoms with Gasteiger partial charge in [0, 0.05) is 20.1 Å². The summed E-state index contributed by atoms with van der Waals surface area (Å²) >= 11 is 0. The van der Waals surface area contributed by atoms with Crippen LogP contribution in [-0.2, 0) is 9.53 Å². The molecular weight excluding hydrogens is 154 g/mol. The van der Waals surface area contributed by atoms with Crippen LogP contribution in [0.3, 0.4) is 0 Å². The van der Waals surface area contributed by atoms with Crippen LogP contribution in [0.15, 0.2) is 0 Å². The van der Waals surface area contributed by atoms with Crippen LogP contribution >= 0.6 is 0 Å². The molecule has 0 spiro atoms. The molecule has 0 radical (unpaired) electrons. The highest BCUT2D eigenvalue weighted by Gasteiger charge is 2.05. The van der Waals surface area contributed by atoms with Crippen molar-refractivity contribution in [3.63, 3.8) is 0 Å². The van der Waals surface area contributed by atoms with Gasteiger partial charge in [0.2, 0.25) is 0 Å². The van der Waals surface area contributed by atoms with Crippen molar-refractivity contribution < 1.29 is 9.53 Å². The molecule has 0 heterocycles. The topological polar surface area (TPSA) is 29.5 Å². The molecule has 72 valence electrons. The Hall–Kier alpha value is -0.410. The Labute approximate surface area is 74.7 Å². The van der Waals surface area contributed by atoms with Crippen LogP contribution in [0.1, 0.15) is 20.3 Å². The molecule has 0 aliphatic carbocycles. The van der Waals surface area contributed by atoms with Gasteiger partial charge in [0.15, 0.2) is 0 Å². The highest BCUT2D eigenvalue weighted by molar-refractivity contribution is 5.80. The second-order valence-electron chi connectivity index (χ2n) is 2.75. The van der Waals surface area contributed by atoms with Crippen molar-refractivity contribution in [2.75, 3.05) is 33.4 Å². The number of likely N-dealkylation sites (N-methyl/N-ethyl adjacent to an activating group) is 1. The summed E-state index contributed by atoms with van der Waals surface area (Å²) in [6.45, 7) is 6.97. The minimum absolute atomic E-state index is 0.299. The largest absolute Gasteiger partial charge is 0.383 e. The molecule has 0 aliphatic heterocycles. The Kier molecular flexibility index (Phi) is 7.00. The maximum atomic E-state index is 11.1. The monoisotopic (exact) mass is 173 g/mol. The van der Waals surface area contributed by atoms with Gasteiger partial charge in [-0.3, -0.25) is 9.69 Å². The Balaban J connectivity index is 3.59. The SMILES string of the molecule is CCC(=O)CN(CC)CCOC. The third kappa shape index (κ3) is 5.27. The van der Waals surface area contributed by atoms with Crippen LogP contribution in [0.2, 0.25) is 0 Å². The molecular formula is C9H19NO2. The van der Waals surface area contributed by atoms with Gasteiger partial charge in [-0.25, -0.2) is 0 Å². The minimum Gasteiger partial charge on any atom is -0.383 e. The standard InChI is InChI=1S/C9H19NO2/c1-4-9(11)8-10(5-2)6-7-12-3/h4-8H2,1-3H3. The number of ketones is 1. The summed E-state index contributed by atoms with van der Waals surface area (Å²) in [5.74, 6) is 0.299. The van der Waals surface area contributed by atoms with Crippen molar-refractivity contribution >= 4 is 5.78 Å². The number of ether oxygens (including phenoxy) is 1. The van der Waals surface area contributed by atoms with E-state index in [9.17, 15) is 4.79 Å². The number of nitrogens with zero attached hydrogens (tertiary/aromatic N) is 1. The second-order valence-corrected chi connectivity index (χ2v) is 2.75. The Morgan fingerprint density at radius 3 is 2.50 bits per heavy atom. The van der Waals surface area contributed by atoms with Crippen LogP contribution in [0, 0.1) is 0 Å². The van der Waals surface area contributed by atoms with Crippen molar-refractivity contribution in [3.8, 4) is 0 Å². The van der Waals surface area contributed by atoms with Gasteiger partial charge in [-0.2, -0.15) is 0 Å². The zero-order valence-corrected chi connectivity index (χ0v) is 8.30. The summed E-state index contributed by atoms with van der Waals surface area (Å²) < 4.78 is 4.94. The fraction of sp³-hybridized carbons (Fsp3) is 0.889. The van der Waals surface area contributed by atoms with Gasteiger partial charge in [0.1, 0.15) is 5.78 Å². The molecule has 0 saturated carbocycles. The number of carbonyl (C=O) groups excluding carboxylic acids is 1. The van der Waals surface area contributed by atoms with Crippen LogP contribution in [0.25, 0.3) is 0 Å². The molecule has 0 aliphatic rings. The summed E-state index contributed by atoms with van der Waals surface area (Å²) in [7, 11) is 1.68. The molecule has 0 rings (SSSR count). The Morgan fingerprint density at radius 1 is 1.42 bits per heavy atom. The molecule has 0 atom stereocenters. The number of carbonyl (C=O) groups is 1. The molecule has 12 heavy (non-hydrogen) atoms. The molecule has 3 heteroatoms. The fourth-order valence-corrected chi connectivity index (χ4v) is 0.931. The molecule has 0 aromatic carbocycles. The van der Waals surface area contributed by atoms with E-state index in [4.69, 9.17) is 4.74 Å². The summed E-state index contributed by atoms with van der Waals surface area (Å²) in [5, 5.41) is 0. The molecule has 0 amide bonds. The number of methoxy groups -OCH3 is 1. The maximum absolute atomic E-state index is 11.1. The summed E-state index contributed by atoms with van der Waals surface area (Å²) in [5.41, 5.74) is 0. The van der Waals surface area contributed by atoms with Gasteiger partial charge in [-0.05, 0) is 6.54 Å². The summed E-state index contributed by atoms with van der Waals surface area (Å²) in [4.78, 5) is 13.2. The van der Waals surface area contributed by atoms with E-state index >= 15 is 0 Å². The number of hydrogen-bond acceptors (Lipinski definition) is 3. The molecule has 0 aromatic heterocycles. The van der Waals surface area contributed by atoms with E-state index in [1.807, 2.05) is 6.92 Å². The van der Waals surface area contributed by atoms with Crippen molar-refractivity contribution in [2.45, 2.75) is 20.3 Å². The molecule has 0 aromatic rings. The van der Waals surface area contributed by atoms with E-state index in [0.29, 0.717) is 25.4 Å². The van der Waals surface area contributed by atoms with Crippen LogP contribution < -0.4 is 0 Å². The maximum Gasteiger partial charge on any atom is 0.146 e. The van der Waals surface area contributed by atoms with E-state index in [1.165, 1.54) is 0 Å². The van der Waals surface area contributed by atoms with Gasteiger partial charge in [0.25, 0.3) is 0 Å². The fourth-order valence-electron chi connectivity index (χ4n) is 0.931. The van der Waals surface area contributed by atoms with Crippen molar-refractivity contribution in [1.29, 1.82) is 0 Å². The molecule has 3 nitrogen and oxygen atoms in total. The van der Waals surface area contributed by atoms with E-state index in [2.05, 4.69) is 11.8 Å². The first-order valence-electron chi connectivity index (χ1n) is 4.47. The average molecular weight is 173 g/mol. The first-order chi connectivity index (χ1) is 5.74. The predicted octanol–water partition coefficient (Wildman–Crippen LogP) is 0.934. The van der Waals surface area contributed by atoms with Crippen molar-refractivity contribution in [3.05, 3.63) is 0 Å². The lowest BCUT2D eigenvalue weighted by molar-refractivity contribution is -0.120. The van der Waals surface area contributed by atoms with Crippen molar-refractivity contribution in [1.82, 2.24) is 4.90 Å².